The molecule has 1 saturated heterocycles. The van der Waals surface area contributed by atoms with Crippen molar-refractivity contribution in [3.8, 4) is 11.1 Å². The fourth-order valence-corrected chi connectivity index (χ4v) is 4.82. The third-order valence-corrected chi connectivity index (χ3v) is 6.38. The van der Waals surface area contributed by atoms with Crippen LogP contribution in [0.3, 0.4) is 0 Å². The molecular weight excluding hydrogens is 384 g/mol. The van der Waals surface area contributed by atoms with Crippen LogP contribution in [0.15, 0.2) is 30.5 Å². The first-order chi connectivity index (χ1) is 14.0. The molecule has 1 aliphatic carbocycles. The number of anilines is 1. The molecule has 4 rings (SSSR count). The molecule has 29 heavy (non-hydrogen) atoms. The number of aromatic nitrogens is 2. The molecule has 1 saturated carbocycles. The van der Waals surface area contributed by atoms with Crippen LogP contribution >= 0.6 is 11.6 Å². The normalized spacial score (nSPS) is 20.1. The van der Waals surface area contributed by atoms with E-state index in [1.165, 1.54) is 19.3 Å². The van der Waals surface area contributed by atoms with Gasteiger partial charge in [0.05, 0.1) is 11.7 Å². The molecule has 0 bridgehead atoms. The lowest BCUT2D eigenvalue weighted by Crippen LogP contribution is -2.37. The van der Waals surface area contributed by atoms with E-state index in [4.69, 9.17) is 16.6 Å². The van der Waals surface area contributed by atoms with Crippen molar-refractivity contribution in [2.75, 3.05) is 25.5 Å². The Balaban J connectivity index is 1.73. The van der Waals surface area contributed by atoms with Gasteiger partial charge in [-0.15, -0.1) is 0 Å². The van der Waals surface area contributed by atoms with Crippen LogP contribution in [0, 0.1) is 5.92 Å². The molecule has 0 spiro atoms. The molecule has 5 nitrogen and oxygen atoms in total. The number of rotatable bonds is 4. The zero-order valence-corrected chi connectivity index (χ0v) is 18.0. The maximum atomic E-state index is 13.4. The average molecular weight is 413 g/mol. The Bertz CT molecular complexity index is 879. The lowest BCUT2D eigenvalue weighted by molar-refractivity contribution is -0.137. The first-order valence-corrected chi connectivity index (χ1v) is 11.0. The lowest BCUT2D eigenvalue weighted by Gasteiger charge is -2.31. The summed E-state index contributed by atoms with van der Waals surface area (Å²) in [4.78, 5) is 26.8. The van der Waals surface area contributed by atoms with E-state index >= 15 is 0 Å². The van der Waals surface area contributed by atoms with E-state index in [1.807, 2.05) is 49.5 Å². The summed E-state index contributed by atoms with van der Waals surface area (Å²) in [5.74, 6) is 1.16. The molecule has 1 aromatic heterocycles. The first kappa shape index (κ1) is 20.1. The molecule has 2 fully saturated rings. The number of amides is 1. The molecule has 2 heterocycles. The second kappa shape index (κ2) is 8.70. The average Bonchev–Trinajstić information content (AvgIpc) is 3.23. The summed E-state index contributed by atoms with van der Waals surface area (Å²) in [7, 11) is 3.88. The van der Waals surface area contributed by atoms with Crippen molar-refractivity contribution in [1.82, 2.24) is 14.9 Å². The van der Waals surface area contributed by atoms with E-state index in [0.717, 1.165) is 49.0 Å². The van der Waals surface area contributed by atoms with Crippen molar-refractivity contribution in [3.05, 3.63) is 41.2 Å². The van der Waals surface area contributed by atoms with Crippen molar-refractivity contribution < 1.29 is 4.79 Å². The quantitative estimate of drug-likeness (QED) is 0.700. The Morgan fingerprint density at radius 2 is 1.93 bits per heavy atom. The lowest BCUT2D eigenvalue weighted by atomic mass is 9.88. The second-order valence-corrected chi connectivity index (χ2v) is 8.83. The Hall–Kier alpha value is -2.14. The highest BCUT2D eigenvalue weighted by molar-refractivity contribution is 6.30. The van der Waals surface area contributed by atoms with Gasteiger partial charge in [-0.3, -0.25) is 4.79 Å². The Morgan fingerprint density at radius 1 is 1.14 bits per heavy atom. The van der Waals surface area contributed by atoms with Crippen LogP contribution in [0.1, 0.15) is 56.7 Å². The van der Waals surface area contributed by atoms with E-state index in [9.17, 15) is 4.79 Å². The summed E-state index contributed by atoms with van der Waals surface area (Å²) < 4.78 is 0. The van der Waals surface area contributed by atoms with Gasteiger partial charge in [-0.25, -0.2) is 9.97 Å². The van der Waals surface area contributed by atoms with Gasteiger partial charge in [0.25, 0.3) is 0 Å². The van der Waals surface area contributed by atoms with E-state index in [2.05, 4.69) is 9.88 Å². The first-order valence-electron chi connectivity index (χ1n) is 10.7. The number of nitrogens with zero attached hydrogens (tertiary/aromatic N) is 4. The van der Waals surface area contributed by atoms with Gasteiger partial charge in [0.2, 0.25) is 11.9 Å². The maximum absolute atomic E-state index is 13.4. The molecule has 1 atom stereocenters. The Morgan fingerprint density at radius 3 is 2.66 bits per heavy atom. The van der Waals surface area contributed by atoms with Gasteiger partial charge in [-0.1, -0.05) is 43.0 Å². The fourth-order valence-electron chi connectivity index (χ4n) is 4.63. The predicted octanol–water partition coefficient (Wildman–Crippen LogP) is 5.11. The van der Waals surface area contributed by atoms with Crippen LogP contribution in [-0.2, 0) is 4.79 Å². The highest BCUT2D eigenvalue weighted by Crippen LogP contribution is 2.39. The Kier molecular flexibility index (Phi) is 6.04. The maximum Gasteiger partial charge on any atom is 0.226 e. The fraction of sp³-hybridized carbons (Fsp3) is 0.522. The third-order valence-electron chi connectivity index (χ3n) is 6.15. The smallest absolute Gasteiger partial charge is 0.226 e. The van der Waals surface area contributed by atoms with Gasteiger partial charge in [0.15, 0.2) is 0 Å². The highest BCUT2D eigenvalue weighted by atomic mass is 35.5. The molecular formula is C23H29ClN4O. The predicted molar refractivity (Wildman–Crippen MR) is 117 cm³/mol. The van der Waals surface area contributed by atoms with Gasteiger partial charge in [-0.05, 0) is 43.4 Å². The van der Waals surface area contributed by atoms with Crippen LogP contribution in [0.4, 0.5) is 5.95 Å². The molecule has 0 radical (unpaired) electrons. The molecule has 1 unspecified atom stereocenters. The van der Waals surface area contributed by atoms with Gasteiger partial charge >= 0.3 is 0 Å². The van der Waals surface area contributed by atoms with E-state index < -0.39 is 0 Å². The number of carbonyl (C=O) groups excluding carboxylic acids is 1. The zero-order valence-electron chi connectivity index (χ0n) is 17.3. The number of hydrogen-bond acceptors (Lipinski definition) is 4. The summed E-state index contributed by atoms with van der Waals surface area (Å²) in [6.45, 7) is 0.816. The molecule has 2 aliphatic rings. The summed E-state index contributed by atoms with van der Waals surface area (Å²) in [6, 6.07) is 7.79. The SMILES string of the molecule is CN(C)c1ncc(-c2cccc(Cl)c2)c(C2CCCN2C(=O)C2CCCCC2)n1. The standard InChI is InChI=1S/C23H29ClN4O/c1-27(2)23-25-15-19(17-10-6-11-18(24)14-17)21(26-23)20-12-7-13-28(20)22(29)16-8-4-3-5-9-16/h6,10-11,14-16,20H,3-5,7-9,12-13H2,1-2H3. The van der Waals surface area contributed by atoms with E-state index in [1.54, 1.807) is 0 Å². The van der Waals surface area contributed by atoms with Gasteiger partial charge in [0.1, 0.15) is 0 Å². The molecule has 1 amide bonds. The molecule has 0 N–H and O–H groups in total. The molecule has 6 heteroatoms. The number of likely N-dealkylation sites (tertiary alicyclic amines) is 1. The summed E-state index contributed by atoms with van der Waals surface area (Å²) >= 11 is 6.26. The van der Waals surface area contributed by atoms with Crippen LogP contribution in [-0.4, -0.2) is 41.4 Å². The van der Waals surface area contributed by atoms with Gasteiger partial charge in [-0.2, -0.15) is 0 Å². The number of carbonyl (C=O) groups is 1. The van der Waals surface area contributed by atoms with E-state index in [-0.39, 0.29) is 12.0 Å². The van der Waals surface area contributed by atoms with Crippen molar-refractivity contribution in [3.63, 3.8) is 0 Å². The molecule has 154 valence electrons. The van der Waals surface area contributed by atoms with Gasteiger partial charge in [0, 0.05) is 43.3 Å². The van der Waals surface area contributed by atoms with Crippen molar-refractivity contribution in [2.24, 2.45) is 5.92 Å². The van der Waals surface area contributed by atoms with Crippen LogP contribution in [0.2, 0.25) is 5.02 Å². The summed E-state index contributed by atoms with van der Waals surface area (Å²) in [5.41, 5.74) is 2.90. The number of benzene rings is 1. The van der Waals surface area contributed by atoms with Crippen LogP contribution < -0.4 is 4.90 Å². The second-order valence-electron chi connectivity index (χ2n) is 8.40. The minimum atomic E-state index is 0.000100. The number of hydrogen-bond donors (Lipinski definition) is 0. The van der Waals surface area contributed by atoms with E-state index in [0.29, 0.717) is 16.9 Å². The topological polar surface area (TPSA) is 49.3 Å². The van der Waals surface area contributed by atoms with Crippen molar-refractivity contribution in [1.29, 1.82) is 0 Å². The van der Waals surface area contributed by atoms with Gasteiger partial charge < -0.3 is 9.80 Å². The minimum absolute atomic E-state index is 0.000100. The highest BCUT2D eigenvalue weighted by Gasteiger charge is 2.36. The van der Waals surface area contributed by atoms with Crippen molar-refractivity contribution >= 4 is 23.5 Å². The molecule has 2 aromatic rings. The van der Waals surface area contributed by atoms with Crippen LogP contribution in [0.5, 0.6) is 0 Å². The third kappa shape index (κ3) is 4.25. The summed E-state index contributed by atoms with van der Waals surface area (Å²) in [6.07, 6.45) is 9.47. The van der Waals surface area contributed by atoms with Crippen molar-refractivity contribution in [2.45, 2.75) is 51.0 Å². The zero-order chi connectivity index (χ0) is 20.4. The number of halogens is 1. The minimum Gasteiger partial charge on any atom is -0.347 e. The molecule has 1 aromatic carbocycles. The largest absolute Gasteiger partial charge is 0.347 e. The van der Waals surface area contributed by atoms with Crippen LogP contribution in [0.25, 0.3) is 11.1 Å². The monoisotopic (exact) mass is 412 g/mol. The summed E-state index contributed by atoms with van der Waals surface area (Å²) in [5, 5.41) is 0.687. The molecule has 1 aliphatic heterocycles. The Labute approximate surface area is 178 Å².